The molecule has 0 saturated heterocycles. The second-order valence-corrected chi connectivity index (χ2v) is 3.12. The molecule has 0 aromatic heterocycles. The monoisotopic (exact) mass is 213 g/mol. The molecular formula is C10H19N3O2. The fourth-order valence-corrected chi connectivity index (χ4v) is 1.05. The van der Waals surface area contributed by atoms with Crippen LogP contribution in [0.3, 0.4) is 0 Å². The van der Waals surface area contributed by atoms with Crippen molar-refractivity contribution in [2.45, 2.75) is 19.8 Å². The summed E-state index contributed by atoms with van der Waals surface area (Å²) in [6.07, 6.45) is 1.26. The van der Waals surface area contributed by atoms with Crippen LogP contribution in [-0.4, -0.2) is 44.3 Å². The Morgan fingerprint density at radius 2 is 2.27 bits per heavy atom. The maximum Gasteiger partial charge on any atom is 0.317 e. The summed E-state index contributed by atoms with van der Waals surface area (Å²) in [6, 6.07) is 1.90. The second kappa shape index (κ2) is 9.28. The minimum absolute atomic E-state index is 0.121. The molecule has 0 unspecified atom stereocenters. The lowest BCUT2D eigenvalue weighted by Crippen LogP contribution is -2.42. The van der Waals surface area contributed by atoms with E-state index in [1.54, 1.807) is 12.0 Å². The topological polar surface area (TPSA) is 65.4 Å². The molecule has 86 valence electrons. The number of carbonyl (C=O) groups is 1. The van der Waals surface area contributed by atoms with E-state index in [0.717, 1.165) is 6.42 Å². The number of amides is 2. The van der Waals surface area contributed by atoms with Crippen molar-refractivity contribution in [3.05, 3.63) is 0 Å². The number of methoxy groups -OCH3 is 1. The third-order valence-corrected chi connectivity index (χ3v) is 1.87. The van der Waals surface area contributed by atoms with E-state index in [4.69, 9.17) is 10.00 Å². The van der Waals surface area contributed by atoms with Crippen molar-refractivity contribution in [1.29, 1.82) is 5.26 Å². The van der Waals surface area contributed by atoms with Crippen LogP contribution in [0.25, 0.3) is 0 Å². The molecule has 0 aliphatic rings. The van der Waals surface area contributed by atoms with Gasteiger partial charge in [0.25, 0.3) is 0 Å². The fourth-order valence-electron chi connectivity index (χ4n) is 1.05. The van der Waals surface area contributed by atoms with E-state index in [2.05, 4.69) is 5.32 Å². The Bertz CT molecular complexity index is 213. The van der Waals surface area contributed by atoms with Gasteiger partial charge in [-0.05, 0) is 6.42 Å². The van der Waals surface area contributed by atoms with Gasteiger partial charge in [-0.15, -0.1) is 0 Å². The lowest BCUT2D eigenvalue weighted by molar-refractivity contribution is 0.150. The van der Waals surface area contributed by atoms with Gasteiger partial charge in [-0.3, -0.25) is 0 Å². The van der Waals surface area contributed by atoms with Crippen LogP contribution in [0.4, 0.5) is 4.79 Å². The molecule has 5 nitrogen and oxygen atoms in total. The van der Waals surface area contributed by atoms with Crippen LogP contribution < -0.4 is 5.32 Å². The van der Waals surface area contributed by atoms with Crippen molar-refractivity contribution in [2.24, 2.45) is 0 Å². The summed E-state index contributed by atoms with van der Waals surface area (Å²) in [7, 11) is 1.59. The summed E-state index contributed by atoms with van der Waals surface area (Å²) in [5.74, 6) is 0. The van der Waals surface area contributed by atoms with Crippen LogP contribution in [0.1, 0.15) is 19.8 Å². The van der Waals surface area contributed by atoms with Crippen molar-refractivity contribution in [3.8, 4) is 6.07 Å². The first kappa shape index (κ1) is 13.7. The predicted molar refractivity (Wildman–Crippen MR) is 57.4 cm³/mol. The van der Waals surface area contributed by atoms with E-state index in [9.17, 15) is 4.79 Å². The van der Waals surface area contributed by atoms with Gasteiger partial charge in [0.15, 0.2) is 0 Å². The van der Waals surface area contributed by atoms with E-state index >= 15 is 0 Å². The summed E-state index contributed by atoms with van der Waals surface area (Å²) in [6.45, 7) is 4.12. The van der Waals surface area contributed by atoms with E-state index in [-0.39, 0.29) is 6.03 Å². The number of nitrogens with one attached hydrogen (secondary N) is 1. The third-order valence-electron chi connectivity index (χ3n) is 1.87. The van der Waals surface area contributed by atoms with Gasteiger partial charge in [0.05, 0.1) is 19.1 Å². The predicted octanol–water partition coefficient (Wildman–Crippen LogP) is 0.968. The molecule has 0 aliphatic heterocycles. The molecule has 5 heteroatoms. The largest absolute Gasteiger partial charge is 0.383 e. The Balaban J connectivity index is 3.97. The van der Waals surface area contributed by atoms with Gasteiger partial charge in [0.2, 0.25) is 0 Å². The molecule has 0 aliphatic carbocycles. The molecule has 2 amide bonds. The minimum Gasteiger partial charge on any atom is -0.383 e. The van der Waals surface area contributed by atoms with E-state index in [1.165, 1.54) is 0 Å². The van der Waals surface area contributed by atoms with Crippen LogP contribution in [0, 0.1) is 11.3 Å². The first-order chi connectivity index (χ1) is 7.26. The van der Waals surface area contributed by atoms with Gasteiger partial charge < -0.3 is 15.0 Å². The van der Waals surface area contributed by atoms with E-state index < -0.39 is 0 Å². The summed E-state index contributed by atoms with van der Waals surface area (Å²) in [5.41, 5.74) is 0. The first-order valence-electron chi connectivity index (χ1n) is 5.14. The first-order valence-corrected chi connectivity index (χ1v) is 5.14. The molecule has 0 radical (unpaired) electrons. The highest BCUT2D eigenvalue weighted by Gasteiger charge is 2.11. The molecule has 15 heavy (non-hydrogen) atoms. The van der Waals surface area contributed by atoms with Crippen LogP contribution >= 0.6 is 0 Å². The molecule has 0 saturated carbocycles. The lowest BCUT2D eigenvalue weighted by atomic mass is 10.4. The zero-order valence-electron chi connectivity index (χ0n) is 9.45. The maximum absolute atomic E-state index is 11.6. The van der Waals surface area contributed by atoms with Gasteiger partial charge in [0, 0.05) is 26.7 Å². The van der Waals surface area contributed by atoms with Crippen molar-refractivity contribution >= 4 is 6.03 Å². The Morgan fingerprint density at radius 3 is 2.80 bits per heavy atom. The number of rotatable bonds is 7. The highest BCUT2D eigenvalue weighted by atomic mass is 16.5. The molecular weight excluding hydrogens is 194 g/mol. The smallest absolute Gasteiger partial charge is 0.317 e. The molecule has 0 aromatic rings. The standard InChI is InChI=1S/C10H19N3O2/c1-3-6-12-10(14)13(7-4-5-11)8-9-15-2/h3-4,6-9H2,1-2H3,(H,12,14). The second-order valence-electron chi connectivity index (χ2n) is 3.12. The summed E-state index contributed by atoms with van der Waals surface area (Å²) in [5, 5.41) is 11.2. The fraction of sp³-hybridized carbons (Fsp3) is 0.800. The Morgan fingerprint density at radius 1 is 1.53 bits per heavy atom. The average Bonchev–Trinajstić information content (AvgIpc) is 2.26. The van der Waals surface area contributed by atoms with Gasteiger partial charge in [-0.2, -0.15) is 5.26 Å². The molecule has 0 fully saturated rings. The molecule has 0 rings (SSSR count). The molecule has 0 atom stereocenters. The van der Waals surface area contributed by atoms with Crippen molar-refractivity contribution in [1.82, 2.24) is 10.2 Å². The number of hydrogen-bond acceptors (Lipinski definition) is 3. The Kier molecular flexibility index (Phi) is 8.49. The van der Waals surface area contributed by atoms with Crippen molar-refractivity contribution < 1.29 is 9.53 Å². The van der Waals surface area contributed by atoms with E-state index in [1.807, 2.05) is 13.0 Å². The maximum atomic E-state index is 11.6. The number of urea groups is 1. The number of carbonyl (C=O) groups excluding carboxylic acids is 1. The molecule has 1 N–H and O–H groups in total. The molecule has 0 spiro atoms. The number of ether oxygens (including phenoxy) is 1. The Hall–Kier alpha value is -1.28. The SMILES string of the molecule is CCCNC(=O)N(CCC#N)CCOC. The minimum atomic E-state index is -0.121. The zero-order valence-corrected chi connectivity index (χ0v) is 9.45. The van der Waals surface area contributed by atoms with Crippen LogP contribution in [-0.2, 0) is 4.74 Å². The quantitative estimate of drug-likeness (QED) is 0.685. The zero-order chi connectivity index (χ0) is 11.5. The van der Waals surface area contributed by atoms with Gasteiger partial charge in [-0.25, -0.2) is 4.79 Å². The normalized spacial score (nSPS) is 9.40. The van der Waals surface area contributed by atoms with Crippen LogP contribution in [0.5, 0.6) is 0 Å². The van der Waals surface area contributed by atoms with Gasteiger partial charge >= 0.3 is 6.03 Å². The number of nitriles is 1. The van der Waals surface area contributed by atoms with Gasteiger partial charge in [0.1, 0.15) is 0 Å². The molecule has 0 heterocycles. The summed E-state index contributed by atoms with van der Waals surface area (Å²) in [4.78, 5) is 13.2. The highest BCUT2D eigenvalue weighted by Crippen LogP contribution is 1.93. The highest BCUT2D eigenvalue weighted by molar-refractivity contribution is 5.74. The van der Waals surface area contributed by atoms with Crippen molar-refractivity contribution in [2.75, 3.05) is 33.4 Å². The average molecular weight is 213 g/mol. The van der Waals surface area contributed by atoms with E-state index in [0.29, 0.717) is 32.7 Å². The summed E-state index contributed by atoms with van der Waals surface area (Å²) >= 11 is 0. The molecule has 0 bridgehead atoms. The third kappa shape index (κ3) is 6.75. The number of nitrogens with zero attached hydrogens (tertiary/aromatic N) is 2. The summed E-state index contributed by atoms with van der Waals surface area (Å²) < 4.78 is 4.90. The van der Waals surface area contributed by atoms with Crippen LogP contribution in [0.15, 0.2) is 0 Å². The lowest BCUT2D eigenvalue weighted by Gasteiger charge is -2.21. The molecule has 0 aromatic carbocycles. The van der Waals surface area contributed by atoms with Crippen LogP contribution in [0.2, 0.25) is 0 Å². The van der Waals surface area contributed by atoms with Gasteiger partial charge in [-0.1, -0.05) is 6.92 Å². The number of hydrogen-bond donors (Lipinski definition) is 1. The van der Waals surface area contributed by atoms with Crippen molar-refractivity contribution in [3.63, 3.8) is 0 Å². The Labute approximate surface area is 91.0 Å².